The van der Waals surface area contributed by atoms with Crippen LogP contribution >= 0.6 is 0 Å². The first kappa shape index (κ1) is 16.1. The third-order valence-electron chi connectivity index (χ3n) is 4.94. The van der Waals surface area contributed by atoms with Crippen LogP contribution in [-0.2, 0) is 11.3 Å². The van der Waals surface area contributed by atoms with Crippen molar-refractivity contribution < 1.29 is 9.15 Å². The molecule has 3 unspecified atom stereocenters. The number of aryl methyl sites for hydroxylation is 1. The van der Waals surface area contributed by atoms with E-state index in [1.54, 1.807) is 13.3 Å². The quantitative estimate of drug-likeness (QED) is 0.661. The second-order valence-corrected chi connectivity index (χ2v) is 6.80. The lowest BCUT2D eigenvalue weighted by atomic mass is 9.96. The molecule has 25 heavy (non-hydrogen) atoms. The Morgan fingerprint density at radius 2 is 2.12 bits per heavy atom. The zero-order valence-electron chi connectivity index (χ0n) is 14.7. The molecular weight excluding hydrogens is 316 g/mol. The number of hydrogen-bond acceptors (Lipinski definition) is 4. The Morgan fingerprint density at radius 3 is 2.80 bits per heavy atom. The van der Waals surface area contributed by atoms with Crippen molar-refractivity contribution in [3.63, 3.8) is 0 Å². The molecule has 2 bridgehead atoms. The molecule has 6 nitrogen and oxygen atoms in total. The Labute approximate surface area is 147 Å². The van der Waals surface area contributed by atoms with Gasteiger partial charge in [-0.05, 0) is 38.3 Å². The largest absolute Gasteiger partial charge is 0.444 e. The van der Waals surface area contributed by atoms with Crippen LogP contribution in [0.5, 0.6) is 0 Å². The predicted molar refractivity (Wildman–Crippen MR) is 96.3 cm³/mol. The summed E-state index contributed by atoms with van der Waals surface area (Å²) in [7, 11) is 1.78. The standard InChI is InChI=1S/C19H24N4O2/c1-12-3-5-13(6-4-12)18-22-14(11-24-18)10-21-19(20-2)23-16-9-15-7-8-17(16)25-15/h3-6,11,15-17H,7-10H2,1-2H3,(H2,20,21,23). The zero-order valence-corrected chi connectivity index (χ0v) is 14.7. The Morgan fingerprint density at radius 1 is 1.28 bits per heavy atom. The Balaban J connectivity index is 1.33. The second-order valence-electron chi connectivity index (χ2n) is 6.80. The van der Waals surface area contributed by atoms with Gasteiger partial charge in [0.05, 0.1) is 30.5 Å². The van der Waals surface area contributed by atoms with Crippen LogP contribution in [0.2, 0.25) is 0 Å². The first-order valence-corrected chi connectivity index (χ1v) is 8.85. The van der Waals surface area contributed by atoms with Crippen molar-refractivity contribution >= 4 is 5.96 Å². The van der Waals surface area contributed by atoms with Gasteiger partial charge in [-0.2, -0.15) is 0 Å². The normalized spacial score (nSPS) is 25.4. The van der Waals surface area contributed by atoms with Crippen LogP contribution in [-0.4, -0.2) is 36.2 Å². The highest BCUT2D eigenvalue weighted by atomic mass is 16.5. The van der Waals surface area contributed by atoms with Gasteiger partial charge in [0.2, 0.25) is 5.89 Å². The number of rotatable bonds is 4. The fourth-order valence-electron chi connectivity index (χ4n) is 3.55. The summed E-state index contributed by atoms with van der Waals surface area (Å²) in [5.74, 6) is 1.42. The third kappa shape index (κ3) is 3.54. The van der Waals surface area contributed by atoms with Crippen LogP contribution in [0.4, 0.5) is 0 Å². The number of fused-ring (bicyclic) bond motifs is 2. The van der Waals surface area contributed by atoms with Crippen molar-refractivity contribution in [1.82, 2.24) is 15.6 Å². The van der Waals surface area contributed by atoms with Crippen molar-refractivity contribution in [3.8, 4) is 11.5 Å². The van der Waals surface area contributed by atoms with E-state index < -0.39 is 0 Å². The first-order valence-electron chi connectivity index (χ1n) is 8.85. The molecule has 2 saturated heterocycles. The van der Waals surface area contributed by atoms with Gasteiger partial charge in [0, 0.05) is 12.6 Å². The highest BCUT2D eigenvalue weighted by molar-refractivity contribution is 5.80. The molecule has 0 spiro atoms. The van der Waals surface area contributed by atoms with Gasteiger partial charge in [0.25, 0.3) is 0 Å². The van der Waals surface area contributed by atoms with Crippen LogP contribution in [0.3, 0.4) is 0 Å². The fourth-order valence-corrected chi connectivity index (χ4v) is 3.55. The predicted octanol–water partition coefficient (Wildman–Crippen LogP) is 2.63. The van der Waals surface area contributed by atoms with E-state index in [1.165, 1.54) is 12.0 Å². The molecule has 2 aromatic rings. The number of ether oxygens (including phenoxy) is 1. The molecule has 2 aliphatic rings. The minimum atomic E-state index is 0.323. The molecule has 2 aliphatic heterocycles. The van der Waals surface area contributed by atoms with Crippen LogP contribution in [0.1, 0.15) is 30.5 Å². The van der Waals surface area contributed by atoms with Gasteiger partial charge < -0.3 is 19.8 Å². The number of aliphatic imine (C=N–C) groups is 1. The lowest BCUT2D eigenvalue weighted by molar-refractivity contribution is 0.0992. The lowest BCUT2D eigenvalue weighted by Crippen LogP contribution is -2.47. The first-order chi connectivity index (χ1) is 12.2. The van der Waals surface area contributed by atoms with E-state index in [0.717, 1.165) is 30.1 Å². The zero-order chi connectivity index (χ0) is 17.2. The SMILES string of the molecule is CN=C(NCc1coc(-c2ccc(C)cc2)n1)NC1CC2CCC1O2. The van der Waals surface area contributed by atoms with Crippen molar-refractivity contribution in [2.75, 3.05) is 7.05 Å². The number of aromatic nitrogens is 1. The summed E-state index contributed by atoms with van der Waals surface area (Å²) in [6, 6.07) is 8.51. The molecule has 4 rings (SSSR count). The van der Waals surface area contributed by atoms with Crippen molar-refractivity contribution in [2.45, 2.75) is 51.0 Å². The fraction of sp³-hybridized carbons (Fsp3) is 0.474. The number of nitrogens with one attached hydrogen (secondary N) is 2. The molecule has 0 radical (unpaired) electrons. The molecule has 0 amide bonds. The van der Waals surface area contributed by atoms with E-state index in [9.17, 15) is 0 Å². The number of oxazole rings is 1. The summed E-state index contributed by atoms with van der Waals surface area (Å²) in [6.45, 7) is 2.63. The summed E-state index contributed by atoms with van der Waals surface area (Å²) in [6.07, 6.45) is 5.83. The molecule has 2 fully saturated rings. The Bertz CT molecular complexity index is 753. The Hall–Kier alpha value is -2.34. The van der Waals surface area contributed by atoms with Gasteiger partial charge in [-0.3, -0.25) is 4.99 Å². The van der Waals surface area contributed by atoms with Crippen LogP contribution in [0, 0.1) is 6.92 Å². The maximum absolute atomic E-state index is 5.88. The molecule has 1 aromatic heterocycles. The lowest BCUT2D eigenvalue weighted by Gasteiger charge is -2.22. The summed E-state index contributed by atoms with van der Waals surface area (Å²) in [5.41, 5.74) is 3.05. The van der Waals surface area contributed by atoms with E-state index in [2.05, 4.69) is 39.7 Å². The van der Waals surface area contributed by atoms with E-state index in [1.807, 2.05) is 12.1 Å². The molecule has 6 heteroatoms. The van der Waals surface area contributed by atoms with Crippen LogP contribution < -0.4 is 10.6 Å². The van der Waals surface area contributed by atoms with Gasteiger partial charge in [-0.15, -0.1) is 0 Å². The van der Waals surface area contributed by atoms with E-state index in [0.29, 0.717) is 30.7 Å². The topological polar surface area (TPSA) is 71.7 Å². The second kappa shape index (κ2) is 6.88. The summed E-state index contributed by atoms with van der Waals surface area (Å²) in [4.78, 5) is 8.86. The van der Waals surface area contributed by atoms with Crippen LogP contribution in [0.25, 0.3) is 11.5 Å². The van der Waals surface area contributed by atoms with Gasteiger partial charge in [0.15, 0.2) is 5.96 Å². The van der Waals surface area contributed by atoms with Gasteiger partial charge in [-0.1, -0.05) is 17.7 Å². The maximum Gasteiger partial charge on any atom is 0.226 e. The van der Waals surface area contributed by atoms with Gasteiger partial charge in [0.1, 0.15) is 6.26 Å². The average Bonchev–Trinajstić information content (AvgIpc) is 3.36. The molecule has 0 aliphatic carbocycles. The highest BCUT2D eigenvalue weighted by Gasteiger charge is 2.41. The van der Waals surface area contributed by atoms with Gasteiger partial charge in [-0.25, -0.2) is 4.98 Å². The third-order valence-corrected chi connectivity index (χ3v) is 4.94. The number of guanidine groups is 1. The van der Waals surface area contributed by atoms with Gasteiger partial charge >= 0.3 is 0 Å². The van der Waals surface area contributed by atoms with E-state index >= 15 is 0 Å². The minimum absolute atomic E-state index is 0.323. The maximum atomic E-state index is 5.88. The molecule has 3 atom stereocenters. The summed E-state index contributed by atoms with van der Waals surface area (Å²) in [5, 5.41) is 6.77. The number of benzene rings is 1. The van der Waals surface area contributed by atoms with Crippen molar-refractivity contribution in [3.05, 3.63) is 41.8 Å². The van der Waals surface area contributed by atoms with Crippen molar-refractivity contribution in [2.24, 2.45) is 4.99 Å². The molecule has 0 saturated carbocycles. The van der Waals surface area contributed by atoms with E-state index in [4.69, 9.17) is 9.15 Å². The van der Waals surface area contributed by atoms with Crippen molar-refractivity contribution in [1.29, 1.82) is 0 Å². The smallest absolute Gasteiger partial charge is 0.226 e. The molecule has 1 aromatic carbocycles. The monoisotopic (exact) mass is 340 g/mol. The highest BCUT2D eigenvalue weighted by Crippen LogP contribution is 2.34. The summed E-state index contributed by atoms with van der Waals surface area (Å²) >= 11 is 0. The van der Waals surface area contributed by atoms with E-state index in [-0.39, 0.29) is 0 Å². The Kier molecular flexibility index (Phi) is 4.44. The minimum Gasteiger partial charge on any atom is -0.444 e. The average molecular weight is 340 g/mol. The summed E-state index contributed by atoms with van der Waals surface area (Å²) < 4.78 is 11.5. The molecule has 132 valence electrons. The number of nitrogens with zero attached hydrogens (tertiary/aromatic N) is 2. The number of hydrogen-bond donors (Lipinski definition) is 2. The molecular formula is C19H24N4O2. The molecule has 3 heterocycles. The van der Waals surface area contributed by atoms with Crippen LogP contribution in [0.15, 0.2) is 39.9 Å². The molecule has 2 N–H and O–H groups in total.